The maximum atomic E-state index is 12.3. The summed E-state index contributed by atoms with van der Waals surface area (Å²) >= 11 is 0. The van der Waals surface area contributed by atoms with E-state index in [-0.39, 0.29) is 17.2 Å². The number of ether oxygens (including phenoxy) is 4. The minimum Gasteiger partial charge on any atom is -0.493 e. The number of carbonyl (C=O) groups is 2. The zero-order valence-corrected chi connectivity index (χ0v) is 16.3. The van der Waals surface area contributed by atoms with Crippen LogP contribution in [0.3, 0.4) is 0 Å². The lowest BCUT2D eigenvalue weighted by molar-refractivity contribution is -0.274. The molecule has 0 atom stereocenters. The topological polar surface area (TPSA) is 83.1 Å². The standard InChI is InChI=1S/C20H16F5NO6/c1-29-16-10-12(2-8-15(16)31-19(21)22)3-9-18(28)30-11-17(27)26-13-4-6-14(7-5-13)32-20(23,24)25/h2-10,19H,11H2,1H3,(H,26,27)/b9-3+. The summed E-state index contributed by atoms with van der Waals surface area (Å²) in [7, 11) is 1.25. The highest BCUT2D eigenvalue weighted by Crippen LogP contribution is 2.30. The number of alkyl halides is 5. The molecular weight excluding hydrogens is 445 g/mol. The number of methoxy groups -OCH3 is 1. The summed E-state index contributed by atoms with van der Waals surface area (Å²) in [6.45, 7) is -3.69. The van der Waals surface area contributed by atoms with Crippen molar-refractivity contribution < 1.29 is 50.5 Å². The van der Waals surface area contributed by atoms with Crippen molar-refractivity contribution in [3.63, 3.8) is 0 Å². The van der Waals surface area contributed by atoms with E-state index < -0.39 is 37.2 Å². The summed E-state index contributed by atoms with van der Waals surface area (Å²) in [6.07, 6.45) is -2.54. The predicted molar refractivity (Wildman–Crippen MR) is 101 cm³/mol. The largest absolute Gasteiger partial charge is 0.573 e. The first-order chi connectivity index (χ1) is 15.1. The molecule has 2 rings (SSSR count). The molecule has 0 bridgehead atoms. The van der Waals surface area contributed by atoms with E-state index in [0.29, 0.717) is 5.56 Å². The van der Waals surface area contributed by atoms with Gasteiger partial charge >= 0.3 is 18.9 Å². The molecule has 0 aliphatic carbocycles. The highest BCUT2D eigenvalue weighted by molar-refractivity contribution is 5.94. The molecule has 32 heavy (non-hydrogen) atoms. The van der Waals surface area contributed by atoms with Crippen molar-refractivity contribution in [2.75, 3.05) is 19.0 Å². The summed E-state index contributed by atoms with van der Waals surface area (Å²) in [5.74, 6) is -2.23. The van der Waals surface area contributed by atoms with E-state index in [9.17, 15) is 31.5 Å². The Kier molecular flexibility index (Phi) is 8.38. The van der Waals surface area contributed by atoms with Gasteiger partial charge in [-0.3, -0.25) is 4.79 Å². The molecule has 2 aromatic rings. The molecule has 1 N–H and O–H groups in total. The van der Waals surface area contributed by atoms with Crippen molar-refractivity contribution in [1.82, 2.24) is 0 Å². The van der Waals surface area contributed by atoms with Crippen LogP contribution in [0.1, 0.15) is 5.56 Å². The fourth-order valence-electron chi connectivity index (χ4n) is 2.27. The lowest BCUT2D eigenvalue weighted by Crippen LogP contribution is -2.20. The van der Waals surface area contributed by atoms with Crippen LogP contribution in [0.25, 0.3) is 6.08 Å². The van der Waals surface area contributed by atoms with E-state index in [2.05, 4.69) is 14.8 Å². The average Bonchev–Trinajstić information content (AvgIpc) is 2.71. The lowest BCUT2D eigenvalue weighted by Gasteiger charge is -2.10. The molecule has 0 heterocycles. The Balaban J connectivity index is 1.84. The van der Waals surface area contributed by atoms with Crippen LogP contribution in [-0.2, 0) is 14.3 Å². The molecular formula is C20H16F5NO6. The van der Waals surface area contributed by atoms with Crippen molar-refractivity contribution in [1.29, 1.82) is 0 Å². The first kappa shape index (κ1) is 24.4. The number of nitrogens with one attached hydrogen (secondary N) is 1. The Bertz CT molecular complexity index is 960. The number of benzene rings is 2. The van der Waals surface area contributed by atoms with Crippen molar-refractivity contribution in [3.8, 4) is 17.2 Å². The number of carbonyl (C=O) groups excluding carboxylic acids is 2. The molecule has 0 aliphatic rings. The monoisotopic (exact) mass is 461 g/mol. The first-order valence-electron chi connectivity index (χ1n) is 8.69. The van der Waals surface area contributed by atoms with E-state index in [1.165, 1.54) is 43.5 Å². The van der Waals surface area contributed by atoms with Crippen LogP contribution in [0, 0.1) is 0 Å². The number of hydrogen-bond donors (Lipinski definition) is 1. The predicted octanol–water partition coefficient (Wildman–Crippen LogP) is 4.39. The molecule has 172 valence electrons. The van der Waals surface area contributed by atoms with Crippen LogP contribution in [0.15, 0.2) is 48.5 Å². The summed E-state index contributed by atoms with van der Waals surface area (Å²) in [4.78, 5) is 23.5. The van der Waals surface area contributed by atoms with Crippen molar-refractivity contribution >= 4 is 23.6 Å². The number of rotatable bonds is 9. The Hall–Kier alpha value is -3.83. The van der Waals surface area contributed by atoms with Crippen LogP contribution >= 0.6 is 0 Å². The molecule has 0 unspecified atom stereocenters. The number of hydrogen-bond acceptors (Lipinski definition) is 6. The molecule has 12 heteroatoms. The minimum absolute atomic E-state index is 0.0202. The Morgan fingerprint density at radius 3 is 2.34 bits per heavy atom. The van der Waals surface area contributed by atoms with Gasteiger partial charge in [0.25, 0.3) is 5.91 Å². The van der Waals surface area contributed by atoms with E-state index in [1.54, 1.807) is 0 Å². The SMILES string of the molecule is COc1cc(/C=C/C(=O)OCC(=O)Nc2ccc(OC(F)(F)F)cc2)ccc1OC(F)F. The van der Waals surface area contributed by atoms with E-state index >= 15 is 0 Å². The number of halogens is 5. The first-order valence-corrected chi connectivity index (χ1v) is 8.69. The van der Waals surface area contributed by atoms with Gasteiger partial charge in [0.15, 0.2) is 18.1 Å². The van der Waals surface area contributed by atoms with Gasteiger partial charge in [-0.25, -0.2) is 4.79 Å². The second-order valence-electron chi connectivity index (χ2n) is 5.85. The van der Waals surface area contributed by atoms with Gasteiger partial charge in [-0.1, -0.05) is 6.07 Å². The lowest BCUT2D eigenvalue weighted by atomic mass is 10.2. The maximum Gasteiger partial charge on any atom is 0.573 e. The number of esters is 1. The van der Waals surface area contributed by atoms with E-state index in [4.69, 9.17) is 9.47 Å². The van der Waals surface area contributed by atoms with Crippen LogP contribution in [0.2, 0.25) is 0 Å². The molecule has 2 aromatic carbocycles. The maximum absolute atomic E-state index is 12.3. The van der Waals surface area contributed by atoms with E-state index in [0.717, 1.165) is 18.2 Å². The Morgan fingerprint density at radius 2 is 1.75 bits per heavy atom. The fourth-order valence-corrected chi connectivity index (χ4v) is 2.27. The molecule has 7 nitrogen and oxygen atoms in total. The van der Waals surface area contributed by atoms with Gasteiger partial charge < -0.3 is 24.3 Å². The second kappa shape index (κ2) is 11.0. The minimum atomic E-state index is -4.83. The van der Waals surface area contributed by atoms with Gasteiger partial charge in [-0.05, 0) is 48.0 Å². The highest BCUT2D eigenvalue weighted by atomic mass is 19.4. The van der Waals surface area contributed by atoms with Crippen LogP contribution < -0.4 is 19.5 Å². The fraction of sp³-hybridized carbons (Fsp3) is 0.200. The summed E-state index contributed by atoms with van der Waals surface area (Å²) in [5.41, 5.74) is 0.570. The van der Waals surface area contributed by atoms with Gasteiger partial charge in [-0.2, -0.15) is 8.78 Å². The zero-order chi connectivity index (χ0) is 23.7. The van der Waals surface area contributed by atoms with Crippen molar-refractivity contribution in [2.24, 2.45) is 0 Å². The Labute approximate surface area is 178 Å². The van der Waals surface area contributed by atoms with Crippen molar-refractivity contribution in [3.05, 3.63) is 54.1 Å². The zero-order valence-electron chi connectivity index (χ0n) is 16.3. The van der Waals surface area contributed by atoms with Crippen LogP contribution in [-0.4, -0.2) is 38.6 Å². The number of amides is 1. The highest BCUT2D eigenvalue weighted by Gasteiger charge is 2.30. The molecule has 0 saturated carbocycles. The molecule has 0 spiro atoms. The molecule has 0 aliphatic heterocycles. The van der Waals surface area contributed by atoms with Gasteiger partial charge in [0, 0.05) is 11.8 Å². The molecule has 0 fully saturated rings. The smallest absolute Gasteiger partial charge is 0.493 e. The molecule has 0 aromatic heterocycles. The van der Waals surface area contributed by atoms with Crippen molar-refractivity contribution in [2.45, 2.75) is 13.0 Å². The summed E-state index contributed by atoms with van der Waals surface area (Å²) in [5, 5.41) is 2.33. The third kappa shape index (κ3) is 8.50. The quantitative estimate of drug-likeness (QED) is 0.339. The van der Waals surface area contributed by atoms with E-state index in [1.807, 2.05) is 0 Å². The van der Waals surface area contributed by atoms with Gasteiger partial charge in [0.1, 0.15) is 5.75 Å². The molecule has 0 radical (unpaired) electrons. The van der Waals surface area contributed by atoms with Gasteiger partial charge in [0.05, 0.1) is 7.11 Å². The van der Waals surface area contributed by atoms with Gasteiger partial charge in [-0.15, -0.1) is 13.2 Å². The third-order valence-electron chi connectivity index (χ3n) is 3.53. The summed E-state index contributed by atoms with van der Waals surface area (Å²) < 4.78 is 78.7. The normalized spacial score (nSPS) is 11.3. The second-order valence-corrected chi connectivity index (χ2v) is 5.85. The van der Waals surface area contributed by atoms with Crippen LogP contribution in [0.4, 0.5) is 27.6 Å². The number of anilines is 1. The molecule has 1 amide bonds. The average molecular weight is 461 g/mol. The summed E-state index contributed by atoms with van der Waals surface area (Å²) in [6, 6.07) is 8.33. The molecule has 0 saturated heterocycles. The van der Waals surface area contributed by atoms with Crippen LogP contribution in [0.5, 0.6) is 17.2 Å². The third-order valence-corrected chi connectivity index (χ3v) is 3.53. The Morgan fingerprint density at radius 1 is 1.06 bits per heavy atom. The van der Waals surface area contributed by atoms with Gasteiger partial charge in [0.2, 0.25) is 0 Å².